The predicted molar refractivity (Wildman–Crippen MR) is 79.3 cm³/mol. The molecule has 19 heavy (non-hydrogen) atoms. The molecule has 0 saturated heterocycles. The van der Waals surface area contributed by atoms with Crippen LogP contribution in [0, 0.1) is 0 Å². The van der Waals surface area contributed by atoms with Gasteiger partial charge in [0.15, 0.2) is 0 Å². The van der Waals surface area contributed by atoms with Gasteiger partial charge < -0.3 is 15.0 Å². The fraction of sp³-hybridized carbons (Fsp3) is 0.286. The van der Waals surface area contributed by atoms with Crippen LogP contribution in [-0.4, -0.2) is 21.1 Å². The lowest BCUT2D eigenvalue weighted by Crippen LogP contribution is -2.10. The standard InChI is InChI=1S/C14H17N3OS/c15-14(19)10-12-2-4-13(5-3-12)18-9-1-7-17-8-6-16-11-17/h2-6,8,11H,1,7,9-10H2,(H2,15,19). The van der Waals surface area contributed by atoms with Gasteiger partial charge in [-0.25, -0.2) is 4.98 Å². The Balaban J connectivity index is 1.72. The highest BCUT2D eigenvalue weighted by molar-refractivity contribution is 7.80. The smallest absolute Gasteiger partial charge is 0.119 e. The molecule has 5 heteroatoms. The van der Waals surface area contributed by atoms with Crippen molar-refractivity contribution >= 4 is 17.2 Å². The van der Waals surface area contributed by atoms with E-state index in [1.54, 1.807) is 6.20 Å². The van der Waals surface area contributed by atoms with Gasteiger partial charge in [0.05, 0.1) is 17.9 Å². The number of nitrogens with zero attached hydrogens (tertiary/aromatic N) is 2. The van der Waals surface area contributed by atoms with Crippen molar-refractivity contribution in [2.75, 3.05) is 6.61 Å². The van der Waals surface area contributed by atoms with Crippen LogP contribution in [0.2, 0.25) is 0 Å². The molecule has 0 atom stereocenters. The van der Waals surface area contributed by atoms with Gasteiger partial charge in [-0.05, 0) is 24.1 Å². The molecule has 100 valence electrons. The zero-order chi connectivity index (χ0) is 13.5. The van der Waals surface area contributed by atoms with Crippen LogP contribution in [-0.2, 0) is 13.0 Å². The largest absolute Gasteiger partial charge is 0.494 e. The molecule has 0 bridgehead atoms. The maximum atomic E-state index is 5.67. The Morgan fingerprint density at radius 3 is 2.74 bits per heavy atom. The summed E-state index contributed by atoms with van der Waals surface area (Å²) in [6, 6.07) is 7.88. The Labute approximate surface area is 118 Å². The first-order chi connectivity index (χ1) is 9.24. The lowest BCUT2D eigenvalue weighted by molar-refractivity contribution is 0.301. The molecule has 1 heterocycles. The molecule has 0 unspecified atom stereocenters. The second-order valence-electron chi connectivity index (χ2n) is 4.29. The number of thiocarbonyl (C=S) groups is 1. The third kappa shape index (κ3) is 4.71. The third-order valence-electron chi connectivity index (χ3n) is 2.69. The van der Waals surface area contributed by atoms with Gasteiger partial charge in [0.25, 0.3) is 0 Å². The third-order valence-corrected chi connectivity index (χ3v) is 2.83. The van der Waals surface area contributed by atoms with Crippen molar-refractivity contribution in [3.8, 4) is 5.75 Å². The molecule has 4 nitrogen and oxygen atoms in total. The number of hydrogen-bond acceptors (Lipinski definition) is 3. The van der Waals surface area contributed by atoms with Gasteiger partial charge in [-0.3, -0.25) is 0 Å². The molecule has 0 fully saturated rings. The summed E-state index contributed by atoms with van der Waals surface area (Å²) in [5.74, 6) is 0.873. The first-order valence-electron chi connectivity index (χ1n) is 6.20. The number of imidazole rings is 1. The summed E-state index contributed by atoms with van der Waals surface area (Å²) in [6.07, 6.45) is 7.12. The minimum atomic E-state index is 0.508. The minimum absolute atomic E-state index is 0.508. The monoisotopic (exact) mass is 275 g/mol. The summed E-state index contributed by atoms with van der Waals surface area (Å²) in [5.41, 5.74) is 6.61. The molecule has 2 aromatic rings. The maximum Gasteiger partial charge on any atom is 0.119 e. The first-order valence-corrected chi connectivity index (χ1v) is 6.60. The van der Waals surface area contributed by atoms with Crippen molar-refractivity contribution in [3.05, 3.63) is 48.5 Å². The molecule has 1 aromatic carbocycles. The molecule has 2 rings (SSSR count). The molecule has 0 radical (unpaired) electrons. The Bertz CT molecular complexity index is 508. The summed E-state index contributed by atoms with van der Waals surface area (Å²) in [5, 5.41) is 0. The van der Waals surface area contributed by atoms with E-state index in [0.717, 1.165) is 24.3 Å². The van der Waals surface area contributed by atoms with Gasteiger partial charge in [0, 0.05) is 25.4 Å². The molecular formula is C14H17N3OS. The van der Waals surface area contributed by atoms with Gasteiger partial charge in [0.1, 0.15) is 5.75 Å². The molecule has 1 aromatic heterocycles. The van der Waals surface area contributed by atoms with Gasteiger partial charge in [-0.15, -0.1) is 0 Å². The molecule has 0 aliphatic heterocycles. The predicted octanol–water partition coefficient (Wildman–Crippen LogP) is 2.18. The summed E-state index contributed by atoms with van der Waals surface area (Å²) in [6.45, 7) is 1.60. The fourth-order valence-electron chi connectivity index (χ4n) is 1.76. The van der Waals surface area contributed by atoms with Crippen LogP contribution in [0.1, 0.15) is 12.0 Å². The van der Waals surface area contributed by atoms with Crippen molar-refractivity contribution in [3.63, 3.8) is 0 Å². The summed E-state index contributed by atoms with van der Waals surface area (Å²) in [4.78, 5) is 4.50. The van der Waals surface area contributed by atoms with E-state index in [4.69, 9.17) is 22.7 Å². The summed E-state index contributed by atoms with van der Waals surface area (Å²) < 4.78 is 7.70. The van der Waals surface area contributed by atoms with Crippen LogP contribution in [0.3, 0.4) is 0 Å². The van der Waals surface area contributed by atoms with Gasteiger partial charge in [0.2, 0.25) is 0 Å². The van der Waals surface area contributed by atoms with E-state index >= 15 is 0 Å². The average molecular weight is 275 g/mol. The van der Waals surface area contributed by atoms with Crippen molar-refractivity contribution in [1.82, 2.24) is 9.55 Å². The van der Waals surface area contributed by atoms with Crippen molar-refractivity contribution in [1.29, 1.82) is 0 Å². The number of hydrogen-bond donors (Lipinski definition) is 1. The van der Waals surface area contributed by atoms with E-state index in [9.17, 15) is 0 Å². The fourth-order valence-corrected chi connectivity index (χ4v) is 1.93. The van der Waals surface area contributed by atoms with E-state index in [1.807, 2.05) is 41.4 Å². The van der Waals surface area contributed by atoms with Crippen LogP contribution < -0.4 is 10.5 Å². The topological polar surface area (TPSA) is 53.1 Å². The van der Waals surface area contributed by atoms with Gasteiger partial charge in [-0.1, -0.05) is 24.4 Å². The Morgan fingerprint density at radius 1 is 1.32 bits per heavy atom. The number of aryl methyl sites for hydroxylation is 1. The Morgan fingerprint density at radius 2 is 2.11 bits per heavy atom. The van der Waals surface area contributed by atoms with Crippen molar-refractivity contribution in [2.45, 2.75) is 19.4 Å². The van der Waals surface area contributed by atoms with E-state index in [1.165, 1.54) is 0 Å². The van der Waals surface area contributed by atoms with Crippen LogP contribution in [0.5, 0.6) is 5.75 Å². The van der Waals surface area contributed by atoms with E-state index < -0.39 is 0 Å². The molecule has 0 aliphatic rings. The Hall–Kier alpha value is -1.88. The highest BCUT2D eigenvalue weighted by Crippen LogP contribution is 2.13. The summed E-state index contributed by atoms with van der Waals surface area (Å²) >= 11 is 4.87. The molecule has 0 spiro atoms. The van der Waals surface area contributed by atoms with Crippen molar-refractivity contribution in [2.24, 2.45) is 5.73 Å². The second-order valence-corrected chi connectivity index (χ2v) is 4.81. The molecule has 0 amide bonds. The van der Waals surface area contributed by atoms with Crippen LogP contribution in [0.25, 0.3) is 0 Å². The SMILES string of the molecule is NC(=S)Cc1ccc(OCCCn2ccnc2)cc1. The number of ether oxygens (including phenoxy) is 1. The molecule has 0 aliphatic carbocycles. The van der Waals surface area contributed by atoms with E-state index in [2.05, 4.69) is 4.98 Å². The van der Waals surface area contributed by atoms with Gasteiger partial charge in [-0.2, -0.15) is 0 Å². The lowest BCUT2D eigenvalue weighted by atomic mass is 10.1. The lowest BCUT2D eigenvalue weighted by Gasteiger charge is -2.07. The maximum absolute atomic E-state index is 5.67. The van der Waals surface area contributed by atoms with Crippen LogP contribution in [0.15, 0.2) is 43.0 Å². The Kier molecular flexibility index (Phi) is 4.92. The molecule has 0 saturated carbocycles. The highest BCUT2D eigenvalue weighted by atomic mass is 32.1. The molecular weight excluding hydrogens is 258 g/mol. The first kappa shape index (κ1) is 13.5. The number of rotatable bonds is 7. The number of nitrogens with two attached hydrogens (primary N) is 1. The second kappa shape index (κ2) is 6.89. The van der Waals surface area contributed by atoms with E-state index in [-0.39, 0.29) is 0 Å². The van der Waals surface area contributed by atoms with Crippen molar-refractivity contribution < 1.29 is 4.74 Å². The van der Waals surface area contributed by atoms with Crippen LogP contribution >= 0.6 is 12.2 Å². The van der Waals surface area contributed by atoms with Gasteiger partial charge >= 0.3 is 0 Å². The number of benzene rings is 1. The average Bonchev–Trinajstić information content (AvgIpc) is 2.89. The quantitative estimate of drug-likeness (QED) is 0.621. The summed E-state index contributed by atoms with van der Waals surface area (Å²) in [7, 11) is 0. The zero-order valence-electron chi connectivity index (χ0n) is 10.7. The van der Waals surface area contributed by atoms with E-state index in [0.29, 0.717) is 18.0 Å². The minimum Gasteiger partial charge on any atom is -0.494 e. The van der Waals surface area contributed by atoms with Crippen LogP contribution in [0.4, 0.5) is 0 Å². The number of aromatic nitrogens is 2. The highest BCUT2D eigenvalue weighted by Gasteiger charge is 1.98. The normalized spacial score (nSPS) is 10.3. The molecule has 2 N–H and O–H groups in total. The zero-order valence-corrected chi connectivity index (χ0v) is 11.5.